The summed E-state index contributed by atoms with van der Waals surface area (Å²) in [5, 5.41) is 21.1. The van der Waals surface area contributed by atoms with Crippen LogP contribution in [0.2, 0.25) is 0 Å². The van der Waals surface area contributed by atoms with Crippen LogP contribution in [-0.2, 0) is 50.1 Å². The zero-order valence-corrected chi connectivity index (χ0v) is 24.0. The van der Waals surface area contributed by atoms with Gasteiger partial charge >= 0.3 is 18.3 Å². The predicted octanol–water partition coefficient (Wildman–Crippen LogP) is 6.41. The number of carbonyl (C=O) groups is 1. The summed E-state index contributed by atoms with van der Waals surface area (Å²) in [7, 11) is 1.51. The number of hydrogen-bond donors (Lipinski definition) is 1. The number of benzene rings is 2. The fourth-order valence-electron chi connectivity index (χ4n) is 5.41. The van der Waals surface area contributed by atoms with Gasteiger partial charge in [-0.25, -0.2) is 0 Å². The molecule has 0 aliphatic heterocycles. The van der Waals surface area contributed by atoms with Crippen LogP contribution in [0.5, 0.6) is 0 Å². The molecule has 0 atom stereocenters. The maximum absolute atomic E-state index is 13.6. The summed E-state index contributed by atoms with van der Waals surface area (Å²) in [5.41, 5.74) is 1.07. The number of unbranched alkanes of at least 4 members (excludes halogenated alkanes) is 1. The van der Waals surface area contributed by atoms with Gasteiger partial charge in [0.15, 0.2) is 0 Å². The minimum Gasteiger partial charge on any atom is -0.481 e. The number of aliphatic carboxylic acids is 1. The predicted molar refractivity (Wildman–Crippen MR) is 148 cm³/mol. The van der Waals surface area contributed by atoms with Crippen molar-refractivity contribution in [3.63, 3.8) is 0 Å². The molecule has 1 aromatic heterocycles. The monoisotopic (exact) mass is 612 g/mol. The van der Waals surface area contributed by atoms with E-state index in [0.717, 1.165) is 42.5 Å². The minimum absolute atomic E-state index is 0.0532. The number of halogens is 6. The summed E-state index contributed by atoms with van der Waals surface area (Å²) < 4.78 is 81.6. The van der Waals surface area contributed by atoms with Gasteiger partial charge in [-0.3, -0.25) is 4.79 Å². The van der Waals surface area contributed by atoms with Gasteiger partial charge in [0.25, 0.3) is 5.95 Å². The van der Waals surface area contributed by atoms with Crippen molar-refractivity contribution in [2.24, 2.45) is 7.05 Å². The Morgan fingerprint density at radius 2 is 1.53 bits per heavy atom. The molecule has 0 unspecified atom stereocenters. The highest BCUT2D eigenvalue weighted by molar-refractivity contribution is 5.66. The molecule has 8 nitrogen and oxygen atoms in total. The third-order valence-corrected chi connectivity index (χ3v) is 7.50. The summed E-state index contributed by atoms with van der Waals surface area (Å²) in [6, 6.07) is 5.71. The number of carboxylic acid groups (broad SMARTS) is 1. The van der Waals surface area contributed by atoms with E-state index in [4.69, 9.17) is 5.11 Å². The molecule has 14 heteroatoms. The summed E-state index contributed by atoms with van der Waals surface area (Å²) in [4.78, 5) is 15.8. The quantitative estimate of drug-likeness (QED) is 0.187. The molecule has 0 bridgehead atoms. The lowest BCUT2D eigenvalue weighted by molar-refractivity contribution is -0.143. The van der Waals surface area contributed by atoms with Gasteiger partial charge in [0, 0.05) is 38.3 Å². The van der Waals surface area contributed by atoms with Gasteiger partial charge in [-0.2, -0.15) is 31.1 Å². The summed E-state index contributed by atoms with van der Waals surface area (Å²) >= 11 is 0. The number of rotatable bonds is 12. The lowest BCUT2D eigenvalue weighted by atomic mass is 9.89. The Morgan fingerprint density at radius 3 is 2.07 bits per heavy atom. The van der Waals surface area contributed by atoms with E-state index in [1.165, 1.54) is 22.3 Å². The van der Waals surface area contributed by atoms with Crippen molar-refractivity contribution >= 4 is 17.6 Å². The van der Waals surface area contributed by atoms with Crippen LogP contribution in [0.15, 0.2) is 30.3 Å². The standard InChI is InChI=1S/C29H34F6N6O2/c1-3-40(11-7-6-10-26(42)43)25-15-21-9-5-4-8-20(21)14-22(25)18-41(27-36-38-39(2)37-27)17-19-12-23(28(30,31)32)16-24(13-19)29(33,34)35/h12-16H,3-11,17-18H2,1-2H3,(H,42,43). The van der Waals surface area contributed by atoms with E-state index >= 15 is 0 Å². The molecule has 0 saturated heterocycles. The van der Waals surface area contributed by atoms with Crippen molar-refractivity contribution in [1.29, 1.82) is 0 Å². The van der Waals surface area contributed by atoms with Crippen LogP contribution in [-0.4, -0.2) is 44.4 Å². The maximum Gasteiger partial charge on any atom is 0.416 e. The lowest BCUT2D eigenvalue weighted by Gasteiger charge is -2.31. The SMILES string of the molecule is CCN(CCCCC(=O)O)c1cc2c(cc1CN(Cc1cc(C(F)(F)F)cc(C(F)(F)F)c1)c1nnn(C)n1)CCCC2. The second kappa shape index (κ2) is 13.2. The normalized spacial score (nSPS) is 13.6. The Morgan fingerprint density at radius 1 is 0.907 bits per heavy atom. The van der Waals surface area contributed by atoms with Crippen LogP contribution in [0.3, 0.4) is 0 Å². The van der Waals surface area contributed by atoms with Crippen molar-refractivity contribution in [2.45, 2.75) is 77.3 Å². The van der Waals surface area contributed by atoms with E-state index in [2.05, 4.69) is 32.4 Å². The first-order valence-corrected chi connectivity index (χ1v) is 14.1. The molecule has 0 amide bonds. The highest BCUT2D eigenvalue weighted by Gasteiger charge is 2.37. The fourth-order valence-corrected chi connectivity index (χ4v) is 5.41. The Balaban J connectivity index is 1.74. The molecule has 1 aliphatic carbocycles. The first-order chi connectivity index (χ1) is 20.2. The second-order valence-corrected chi connectivity index (χ2v) is 10.7. The van der Waals surface area contributed by atoms with Crippen molar-refractivity contribution in [3.05, 3.63) is 63.7 Å². The minimum atomic E-state index is -4.97. The highest BCUT2D eigenvalue weighted by Crippen LogP contribution is 2.37. The third-order valence-electron chi connectivity index (χ3n) is 7.50. The number of carboxylic acids is 1. The van der Waals surface area contributed by atoms with Crippen LogP contribution in [0.4, 0.5) is 38.0 Å². The molecule has 0 spiro atoms. The first kappa shape index (κ1) is 32.1. The van der Waals surface area contributed by atoms with Crippen LogP contribution < -0.4 is 9.80 Å². The summed E-state index contributed by atoms with van der Waals surface area (Å²) in [6.45, 7) is 2.94. The zero-order valence-electron chi connectivity index (χ0n) is 24.0. The van der Waals surface area contributed by atoms with Gasteiger partial charge in [-0.1, -0.05) is 11.2 Å². The fraction of sp³-hybridized carbons (Fsp3) is 0.517. The van der Waals surface area contributed by atoms with Gasteiger partial charge in [0.2, 0.25) is 0 Å². The van der Waals surface area contributed by atoms with E-state index in [1.54, 1.807) is 0 Å². The average Bonchev–Trinajstić information content (AvgIpc) is 3.37. The Bertz CT molecular complexity index is 1390. The van der Waals surface area contributed by atoms with E-state index in [0.29, 0.717) is 38.1 Å². The van der Waals surface area contributed by atoms with Crippen molar-refractivity contribution in [1.82, 2.24) is 20.2 Å². The van der Waals surface area contributed by atoms with Crippen molar-refractivity contribution in [2.75, 3.05) is 22.9 Å². The van der Waals surface area contributed by atoms with Crippen molar-refractivity contribution < 1.29 is 36.2 Å². The van der Waals surface area contributed by atoms with Crippen LogP contribution >= 0.6 is 0 Å². The molecule has 3 aromatic rings. The number of nitrogens with zero attached hydrogens (tertiary/aromatic N) is 6. The topological polar surface area (TPSA) is 87.4 Å². The highest BCUT2D eigenvalue weighted by atomic mass is 19.4. The van der Waals surface area contributed by atoms with E-state index in [9.17, 15) is 31.1 Å². The van der Waals surface area contributed by atoms with E-state index < -0.39 is 29.4 Å². The smallest absolute Gasteiger partial charge is 0.416 e. The van der Waals surface area contributed by atoms with Gasteiger partial charge < -0.3 is 14.9 Å². The van der Waals surface area contributed by atoms with E-state index in [1.807, 2.05) is 6.92 Å². The molecular formula is C29H34F6N6O2. The Labute approximate surface area is 245 Å². The summed E-state index contributed by atoms with van der Waals surface area (Å²) in [6.07, 6.45) is -4.94. The zero-order chi connectivity index (χ0) is 31.4. The van der Waals surface area contributed by atoms with Gasteiger partial charge in [-0.05, 0) is 97.2 Å². The number of tetrazole rings is 1. The Hall–Kier alpha value is -3.84. The molecular weight excluding hydrogens is 578 g/mol. The molecule has 234 valence electrons. The second-order valence-electron chi connectivity index (χ2n) is 10.7. The molecule has 43 heavy (non-hydrogen) atoms. The molecule has 1 heterocycles. The molecule has 4 rings (SSSR count). The van der Waals surface area contributed by atoms with Crippen LogP contribution in [0.25, 0.3) is 0 Å². The van der Waals surface area contributed by atoms with E-state index in [-0.39, 0.29) is 37.1 Å². The lowest BCUT2D eigenvalue weighted by Crippen LogP contribution is -2.29. The number of aryl methyl sites for hydroxylation is 3. The van der Waals surface area contributed by atoms with Crippen LogP contribution in [0, 0.1) is 0 Å². The molecule has 0 radical (unpaired) electrons. The largest absolute Gasteiger partial charge is 0.481 e. The number of aromatic nitrogens is 4. The average molecular weight is 613 g/mol. The Kier molecular flexibility index (Phi) is 9.86. The van der Waals surface area contributed by atoms with Gasteiger partial charge in [0.1, 0.15) is 0 Å². The molecule has 1 N–H and O–H groups in total. The number of anilines is 2. The molecule has 0 saturated carbocycles. The molecule has 0 fully saturated rings. The number of hydrogen-bond acceptors (Lipinski definition) is 6. The molecule has 1 aliphatic rings. The summed E-state index contributed by atoms with van der Waals surface area (Å²) in [5.74, 6) is -0.811. The molecule has 2 aromatic carbocycles. The maximum atomic E-state index is 13.6. The van der Waals surface area contributed by atoms with Gasteiger partial charge in [0.05, 0.1) is 18.2 Å². The number of alkyl halides is 6. The van der Waals surface area contributed by atoms with Gasteiger partial charge in [-0.15, -0.1) is 5.10 Å². The first-order valence-electron chi connectivity index (χ1n) is 14.1. The number of fused-ring (bicyclic) bond motifs is 1. The van der Waals surface area contributed by atoms with Crippen molar-refractivity contribution in [3.8, 4) is 0 Å². The van der Waals surface area contributed by atoms with Crippen LogP contribution in [0.1, 0.15) is 72.4 Å². The third kappa shape index (κ3) is 8.38.